The smallest absolute Gasteiger partial charge is 0.237 e. The van der Waals surface area contributed by atoms with Crippen LogP contribution in [-0.4, -0.2) is 81.3 Å². The fourth-order valence-electron chi connectivity index (χ4n) is 3.34. The van der Waals surface area contributed by atoms with Crippen molar-refractivity contribution in [3.8, 4) is 0 Å². The van der Waals surface area contributed by atoms with Gasteiger partial charge in [0.15, 0.2) is 0 Å². The summed E-state index contributed by atoms with van der Waals surface area (Å²) in [4.78, 5) is 12.6. The average Bonchev–Trinajstić information content (AvgIpc) is 2.87. The van der Waals surface area contributed by atoms with E-state index in [-0.39, 0.29) is 11.9 Å². The van der Waals surface area contributed by atoms with Crippen LogP contribution in [0.4, 0.5) is 0 Å². The number of aliphatic hydroxyl groups is 3. The van der Waals surface area contributed by atoms with Crippen LogP contribution in [-0.2, 0) is 9.53 Å². The van der Waals surface area contributed by atoms with E-state index in [1.54, 1.807) is 13.2 Å². The number of amides is 1. The molecular formula is C16H29ClN2O5S. The highest BCUT2D eigenvalue weighted by molar-refractivity contribution is 7.99. The summed E-state index contributed by atoms with van der Waals surface area (Å²) in [6.45, 7) is 2.50. The summed E-state index contributed by atoms with van der Waals surface area (Å²) in [6.07, 6.45) is 0.798. The van der Waals surface area contributed by atoms with E-state index in [9.17, 15) is 20.1 Å². The molecule has 8 atom stereocenters. The molecule has 2 fully saturated rings. The lowest BCUT2D eigenvalue weighted by Gasteiger charge is -2.44. The minimum absolute atomic E-state index is 0.184. The minimum Gasteiger partial charge on any atom is -0.388 e. The van der Waals surface area contributed by atoms with E-state index in [4.69, 9.17) is 16.3 Å². The predicted octanol–water partition coefficient (Wildman–Crippen LogP) is -0.199. The molecule has 2 aliphatic rings. The Morgan fingerprint density at radius 3 is 2.60 bits per heavy atom. The number of ether oxygens (including phenoxy) is 1. The summed E-state index contributed by atoms with van der Waals surface area (Å²) in [5.41, 5.74) is -0.700. The second kappa shape index (κ2) is 9.73. The number of carbonyl (C=O) groups excluding carboxylic acids is 1. The maximum Gasteiger partial charge on any atom is 0.237 e. The van der Waals surface area contributed by atoms with Crippen LogP contribution in [0.15, 0.2) is 0 Å². The lowest BCUT2D eigenvalue weighted by molar-refractivity contribution is -0.205. The van der Waals surface area contributed by atoms with Gasteiger partial charge in [-0.05, 0) is 32.6 Å². The molecule has 8 unspecified atom stereocenters. The molecule has 0 aliphatic carbocycles. The monoisotopic (exact) mass is 396 g/mol. The van der Waals surface area contributed by atoms with Gasteiger partial charge in [-0.1, -0.05) is 12.8 Å². The van der Waals surface area contributed by atoms with Gasteiger partial charge in [0.25, 0.3) is 0 Å². The fraction of sp³-hybridized carbons (Fsp3) is 0.938. The Morgan fingerprint density at radius 2 is 1.96 bits per heavy atom. The Morgan fingerprint density at radius 1 is 1.24 bits per heavy atom. The first-order valence-corrected chi connectivity index (χ1v) is 10.5. The molecule has 0 aromatic heterocycles. The third-order valence-electron chi connectivity index (χ3n) is 4.87. The zero-order valence-corrected chi connectivity index (χ0v) is 16.2. The van der Waals surface area contributed by atoms with E-state index >= 15 is 0 Å². The number of nitrogens with one attached hydrogen (secondary N) is 2. The molecule has 0 spiro atoms. The van der Waals surface area contributed by atoms with E-state index in [0.29, 0.717) is 0 Å². The molecule has 5 N–H and O–H groups in total. The van der Waals surface area contributed by atoms with E-state index < -0.39 is 41.3 Å². The van der Waals surface area contributed by atoms with Crippen LogP contribution in [0.1, 0.15) is 32.6 Å². The van der Waals surface area contributed by atoms with Crippen LogP contribution in [0.3, 0.4) is 0 Å². The summed E-state index contributed by atoms with van der Waals surface area (Å²) >= 11 is 7.49. The van der Waals surface area contributed by atoms with Gasteiger partial charge < -0.3 is 30.7 Å². The van der Waals surface area contributed by atoms with Crippen molar-refractivity contribution in [2.75, 3.05) is 12.8 Å². The van der Waals surface area contributed by atoms with Gasteiger partial charge in [-0.2, -0.15) is 0 Å². The first-order valence-electron chi connectivity index (χ1n) is 8.77. The van der Waals surface area contributed by atoms with Crippen molar-refractivity contribution in [2.24, 2.45) is 0 Å². The number of aliphatic hydroxyl groups excluding tert-OH is 3. The van der Waals surface area contributed by atoms with E-state index in [0.717, 1.165) is 32.2 Å². The summed E-state index contributed by atoms with van der Waals surface area (Å²) < 4.78 is 5.75. The lowest BCUT2D eigenvalue weighted by atomic mass is 9.93. The molecule has 0 aromatic rings. The molecule has 146 valence electrons. The molecule has 7 nitrogen and oxygen atoms in total. The van der Waals surface area contributed by atoms with Crippen molar-refractivity contribution >= 4 is 29.3 Å². The van der Waals surface area contributed by atoms with Crippen molar-refractivity contribution in [1.29, 1.82) is 0 Å². The van der Waals surface area contributed by atoms with Gasteiger partial charge in [0, 0.05) is 0 Å². The van der Waals surface area contributed by atoms with Crippen LogP contribution in [0.5, 0.6) is 0 Å². The van der Waals surface area contributed by atoms with Gasteiger partial charge in [0.2, 0.25) is 5.91 Å². The van der Waals surface area contributed by atoms with Crippen LogP contribution in [0.2, 0.25) is 0 Å². The largest absolute Gasteiger partial charge is 0.388 e. The Balaban J connectivity index is 2.09. The van der Waals surface area contributed by atoms with E-state index in [2.05, 4.69) is 10.6 Å². The van der Waals surface area contributed by atoms with Gasteiger partial charge >= 0.3 is 0 Å². The number of thioether (sulfide) groups is 1. The quantitative estimate of drug-likeness (QED) is 0.409. The summed E-state index contributed by atoms with van der Waals surface area (Å²) in [6, 6.07) is -0.987. The molecule has 2 aliphatic heterocycles. The van der Waals surface area contributed by atoms with Crippen molar-refractivity contribution < 1.29 is 24.9 Å². The number of rotatable bonds is 5. The van der Waals surface area contributed by atoms with Gasteiger partial charge in [0.05, 0.1) is 17.5 Å². The number of alkyl halides is 1. The zero-order valence-electron chi connectivity index (χ0n) is 14.6. The van der Waals surface area contributed by atoms with Crippen molar-refractivity contribution in [3.05, 3.63) is 0 Å². The van der Waals surface area contributed by atoms with E-state index in [1.165, 1.54) is 11.8 Å². The highest BCUT2D eigenvalue weighted by Crippen LogP contribution is 2.30. The number of hydrogen-bond donors (Lipinski definition) is 5. The Kier molecular flexibility index (Phi) is 8.26. The molecule has 2 rings (SSSR count). The van der Waals surface area contributed by atoms with Gasteiger partial charge in [0.1, 0.15) is 29.9 Å². The van der Waals surface area contributed by atoms with Crippen molar-refractivity contribution in [1.82, 2.24) is 10.6 Å². The summed E-state index contributed by atoms with van der Waals surface area (Å²) in [5.74, 6) is -0.184. The van der Waals surface area contributed by atoms with E-state index in [1.807, 2.05) is 0 Å². The van der Waals surface area contributed by atoms with Crippen LogP contribution in [0, 0.1) is 0 Å². The minimum atomic E-state index is -1.36. The molecule has 0 aromatic carbocycles. The lowest BCUT2D eigenvalue weighted by Crippen LogP contribution is -2.65. The Bertz CT molecular complexity index is 435. The third-order valence-corrected chi connectivity index (χ3v) is 6.00. The van der Waals surface area contributed by atoms with Gasteiger partial charge in [-0.15, -0.1) is 23.4 Å². The first kappa shape index (κ1) is 21.2. The normalized spacial score (nSPS) is 39.3. The fourth-order valence-corrected chi connectivity index (χ4v) is 4.23. The molecule has 2 heterocycles. The number of hydrogen-bond acceptors (Lipinski definition) is 7. The molecule has 0 bridgehead atoms. The van der Waals surface area contributed by atoms with Crippen LogP contribution in [0.25, 0.3) is 0 Å². The molecule has 1 amide bonds. The zero-order chi connectivity index (χ0) is 18.6. The Labute approximate surface area is 157 Å². The predicted molar refractivity (Wildman–Crippen MR) is 97.7 cm³/mol. The summed E-state index contributed by atoms with van der Waals surface area (Å²) in [5, 5.41) is 36.0. The molecule has 0 saturated carbocycles. The molecule has 0 radical (unpaired) electrons. The maximum absolute atomic E-state index is 12.6. The molecule has 25 heavy (non-hydrogen) atoms. The SMILES string of the molecule is CSC1OC(C(NC(=O)C2CCCCCN2)C(C)Cl)C(O)C(O)C1O. The number of halogens is 1. The average molecular weight is 397 g/mol. The van der Waals surface area contributed by atoms with Crippen LogP contribution < -0.4 is 10.6 Å². The highest BCUT2D eigenvalue weighted by Gasteiger charge is 2.48. The first-order chi connectivity index (χ1) is 11.9. The standard InChI is InChI=1S/C16H29ClN2O5S/c1-8(17)10(19-15(23)9-6-4-3-5-7-18-9)14-12(21)11(20)13(22)16(24-14)25-2/h8-14,16,18,20-22H,3-7H2,1-2H3,(H,19,23). The van der Waals surface area contributed by atoms with Gasteiger partial charge in [-0.25, -0.2) is 0 Å². The van der Waals surface area contributed by atoms with Crippen LogP contribution >= 0.6 is 23.4 Å². The topological polar surface area (TPSA) is 111 Å². The molecule has 2 saturated heterocycles. The van der Waals surface area contributed by atoms with Crippen molar-refractivity contribution in [2.45, 2.75) is 79.9 Å². The molecular weight excluding hydrogens is 368 g/mol. The molecule has 9 heteroatoms. The van der Waals surface area contributed by atoms with Crippen molar-refractivity contribution in [3.63, 3.8) is 0 Å². The summed E-state index contributed by atoms with van der Waals surface area (Å²) in [7, 11) is 0. The maximum atomic E-state index is 12.6. The third kappa shape index (κ3) is 5.22. The number of carbonyl (C=O) groups is 1. The van der Waals surface area contributed by atoms with Gasteiger partial charge in [-0.3, -0.25) is 4.79 Å². The highest BCUT2D eigenvalue weighted by atomic mass is 35.5. The second-order valence-corrected chi connectivity index (χ2v) is 8.37. The second-order valence-electron chi connectivity index (χ2n) is 6.74. The Hall–Kier alpha value is -0.0900.